The van der Waals surface area contributed by atoms with E-state index in [1.54, 1.807) is 0 Å². The third kappa shape index (κ3) is 2.18. The Morgan fingerprint density at radius 1 is 1.54 bits per heavy atom. The molecular weight excluding hydrogens is 182 g/mol. The van der Waals surface area contributed by atoms with Crippen molar-refractivity contribution in [2.24, 2.45) is 7.05 Å². The summed E-state index contributed by atoms with van der Waals surface area (Å²) in [5.41, 5.74) is 6.96. The van der Waals surface area contributed by atoms with Crippen molar-refractivity contribution in [3.63, 3.8) is 0 Å². The van der Waals surface area contributed by atoms with Gasteiger partial charge < -0.3 is 10.3 Å². The number of hydrogen-bond donors (Lipinski definition) is 1. The number of nitrogens with zero attached hydrogens (tertiary/aromatic N) is 2. The predicted molar refractivity (Wildman–Crippen MR) is 59.1 cm³/mol. The molecular formula is C9H17N3S. The lowest BCUT2D eigenvalue weighted by molar-refractivity contribution is 0.815. The van der Waals surface area contributed by atoms with Gasteiger partial charge in [-0.25, -0.2) is 4.98 Å². The summed E-state index contributed by atoms with van der Waals surface area (Å²) in [6, 6.07) is 0. The van der Waals surface area contributed by atoms with E-state index in [1.165, 1.54) is 0 Å². The topological polar surface area (TPSA) is 43.8 Å². The third-order valence-electron chi connectivity index (χ3n) is 2.17. The summed E-state index contributed by atoms with van der Waals surface area (Å²) >= 11 is 1.82. The molecule has 1 rings (SSSR count). The Morgan fingerprint density at radius 2 is 2.23 bits per heavy atom. The molecule has 0 saturated carbocycles. The van der Waals surface area contributed by atoms with Crippen LogP contribution in [0.3, 0.4) is 0 Å². The lowest BCUT2D eigenvalue weighted by Gasteiger charge is -1.99. The first-order chi connectivity index (χ1) is 6.20. The second-order valence-electron chi connectivity index (χ2n) is 3.02. The summed E-state index contributed by atoms with van der Waals surface area (Å²) in [7, 11) is 1.98. The highest BCUT2D eigenvalue weighted by Crippen LogP contribution is 2.14. The Kier molecular flexibility index (Phi) is 3.66. The van der Waals surface area contributed by atoms with Crippen LogP contribution in [0.4, 0.5) is 5.82 Å². The largest absolute Gasteiger partial charge is 0.384 e. The number of anilines is 1. The smallest absolute Gasteiger partial charge is 0.126 e. The predicted octanol–water partition coefficient (Wildman–Crippen LogP) is 1.47. The van der Waals surface area contributed by atoms with Crippen LogP contribution in [0, 0.1) is 0 Å². The fourth-order valence-electron chi connectivity index (χ4n) is 1.32. The molecule has 0 aliphatic heterocycles. The number of rotatable bonds is 4. The molecule has 0 fully saturated rings. The summed E-state index contributed by atoms with van der Waals surface area (Å²) in [5, 5.41) is 0. The minimum atomic E-state index is 0.825. The van der Waals surface area contributed by atoms with Crippen LogP contribution in [-0.4, -0.2) is 21.6 Å². The molecule has 0 unspecified atom stereocenters. The van der Waals surface area contributed by atoms with Gasteiger partial charge in [0, 0.05) is 19.9 Å². The van der Waals surface area contributed by atoms with Crippen LogP contribution < -0.4 is 5.73 Å². The highest BCUT2D eigenvalue weighted by molar-refractivity contribution is 7.98. The van der Waals surface area contributed by atoms with Crippen LogP contribution >= 0.6 is 11.8 Å². The monoisotopic (exact) mass is 199 g/mol. The highest BCUT2D eigenvalue weighted by Gasteiger charge is 2.09. The third-order valence-corrected chi connectivity index (χ3v) is 2.78. The summed E-state index contributed by atoms with van der Waals surface area (Å²) < 4.78 is 1.98. The molecule has 0 aromatic carbocycles. The van der Waals surface area contributed by atoms with E-state index in [-0.39, 0.29) is 0 Å². The van der Waals surface area contributed by atoms with Crippen molar-refractivity contribution in [1.82, 2.24) is 9.55 Å². The Labute approximate surface area is 83.7 Å². The fraction of sp³-hybridized carbons (Fsp3) is 0.667. The zero-order valence-corrected chi connectivity index (χ0v) is 9.32. The summed E-state index contributed by atoms with van der Waals surface area (Å²) in [6.45, 7) is 2.10. The average Bonchev–Trinajstić information content (AvgIpc) is 2.41. The maximum absolute atomic E-state index is 5.91. The Morgan fingerprint density at radius 3 is 2.69 bits per heavy atom. The molecule has 74 valence electrons. The van der Waals surface area contributed by atoms with E-state index in [0.717, 1.165) is 35.9 Å². The Hall–Kier alpha value is -0.640. The van der Waals surface area contributed by atoms with Crippen molar-refractivity contribution >= 4 is 17.6 Å². The van der Waals surface area contributed by atoms with Gasteiger partial charge in [-0.15, -0.1) is 0 Å². The molecule has 2 N–H and O–H groups in total. The standard InChI is InChI=1S/C9H17N3S/c1-4-8-11-7(5-6-13-3)9(10)12(8)2/h4-6,10H2,1-3H3. The van der Waals surface area contributed by atoms with E-state index in [9.17, 15) is 0 Å². The van der Waals surface area contributed by atoms with Crippen LogP contribution in [0.2, 0.25) is 0 Å². The van der Waals surface area contributed by atoms with E-state index in [4.69, 9.17) is 5.73 Å². The highest BCUT2D eigenvalue weighted by atomic mass is 32.2. The second kappa shape index (κ2) is 4.56. The molecule has 1 aromatic rings. The number of imidazole rings is 1. The van der Waals surface area contributed by atoms with E-state index < -0.39 is 0 Å². The van der Waals surface area contributed by atoms with Crippen molar-refractivity contribution in [1.29, 1.82) is 0 Å². The van der Waals surface area contributed by atoms with Crippen molar-refractivity contribution in [3.05, 3.63) is 11.5 Å². The van der Waals surface area contributed by atoms with Gasteiger partial charge >= 0.3 is 0 Å². The number of aryl methyl sites for hydroxylation is 2. The van der Waals surface area contributed by atoms with Gasteiger partial charge in [0.1, 0.15) is 11.6 Å². The van der Waals surface area contributed by atoms with Gasteiger partial charge in [0.25, 0.3) is 0 Å². The number of hydrogen-bond acceptors (Lipinski definition) is 3. The first-order valence-electron chi connectivity index (χ1n) is 4.49. The minimum absolute atomic E-state index is 0.825. The zero-order chi connectivity index (χ0) is 9.84. The number of nitrogen functional groups attached to an aromatic ring is 1. The van der Waals surface area contributed by atoms with E-state index in [2.05, 4.69) is 18.2 Å². The van der Waals surface area contributed by atoms with Crippen LogP contribution in [0.25, 0.3) is 0 Å². The number of aromatic nitrogens is 2. The van der Waals surface area contributed by atoms with Gasteiger partial charge in [0.05, 0.1) is 5.69 Å². The molecule has 0 atom stereocenters. The van der Waals surface area contributed by atoms with Crippen LogP contribution in [0.1, 0.15) is 18.4 Å². The van der Waals surface area contributed by atoms with Gasteiger partial charge in [-0.05, 0) is 12.0 Å². The van der Waals surface area contributed by atoms with E-state index in [1.807, 2.05) is 23.4 Å². The molecule has 4 heteroatoms. The van der Waals surface area contributed by atoms with Crippen LogP contribution in [0.15, 0.2) is 0 Å². The van der Waals surface area contributed by atoms with E-state index >= 15 is 0 Å². The molecule has 0 radical (unpaired) electrons. The molecule has 0 saturated heterocycles. The van der Waals surface area contributed by atoms with Crippen molar-refractivity contribution in [2.45, 2.75) is 19.8 Å². The van der Waals surface area contributed by atoms with E-state index in [0.29, 0.717) is 0 Å². The summed E-state index contributed by atoms with van der Waals surface area (Å²) in [5.74, 6) is 2.99. The van der Waals surface area contributed by atoms with Gasteiger partial charge in [-0.2, -0.15) is 11.8 Å². The quantitative estimate of drug-likeness (QED) is 0.798. The SMILES string of the molecule is CCc1nc(CCSC)c(N)n1C. The first kappa shape index (κ1) is 10.4. The van der Waals surface area contributed by atoms with Gasteiger partial charge in [0.2, 0.25) is 0 Å². The maximum atomic E-state index is 5.91. The van der Waals surface area contributed by atoms with Crippen molar-refractivity contribution in [3.8, 4) is 0 Å². The lowest BCUT2D eigenvalue weighted by Crippen LogP contribution is -2.01. The maximum Gasteiger partial charge on any atom is 0.126 e. The average molecular weight is 199 g/mol. The van der Waals surface area contributed by atoms with Crippen molar-refractivity contribution in [2.75, 3.05) is 17.7 Å². The molecule has 3 nitrogen and oxygen atoms in total. The molecule has 0 bridgehead atoms. The first-order valence-corrected chi connectivity index (χ1v) is 5.89. The fourth-order valence-corrected chi connectivity index (χ4v) is 1.72. The summed E-state index contributed by atoms with van der Waals surface area (Å²) in [4.78, 5) is 4.49. The van der Waals surface area contributed by atoms with Crippen LogP contribution in [0.5, 0.6) is 0 Å². The molecule has 1 aromatic heterocycles. The normalized spacial score (nSPS) is 10.7. The summed E-state index contributed by atoms with van der Waals surface area (Å²) in [6.07, 6.45) is 4.01. The Balaban J connectivity index is 2.82. The molecule has 0 aliphatic rings. The zero-order valence-electron chi connectivity index (χ0n) is 8.50. The number of thioether (sulfide) groups is 1. The number of nitrogens with two attached hydrogens (primary N) is 1. The minimum Gasteiger partial charge on any atom is -0.384 e. The van der Waals surface area contributed by atoms with Gasteiger partial charge in [-0.1, -0.05) is 6.92 Å². The molecule has 13 heavy (non-hydrogen) atoms. The molecule has 0 aliphatic carbocycles. The molecule has 0 amide bonds. The molecule has 1 heterocycles. The molecule has 0 spiro atoms. The Bertz CT molecular complexity index is 281. The van der Waals surface area contributed by atoms with Gasteiger partial charge in [0.15, 0.2) is 0 Å². The van der Waals surface area contributed by atoms with Crippen LogP contribution in [-0.2, 0) is 19.9 Å². The van der Waals surface area contributed by atoms with Crippen molar-refractivity contribution < 1.29 is 0 Å². The van der Waals surface area contributed by atoms with Gasteiger partial charge in [-0.3, -0.25) is 0 Å². The second-order valence-corrected chi connectivity index (χ2v) is 4.00. The lowest BCUT2D eigenvalue weighted by atomic mass is 10.3.